The fourth-order valence-corrected chi connectivity index (χ4v) is 5.49. The molecule has 0 unspecified atom stereocenters. The van der Waals surface area contributed by atoms with Crippen LogP contribution in [0.25, 0.3) is 11.3 Å². The standard InChI is InChI=1S/C26H20FN3O2S/c27-17-11-9-16(10-12-17)24-20(30-13-14-33-26(30)29-24)15-28-25(31)23-18-5-1-3-7-21(18)32-22-8-4-2-6-19(22)23/h1-12,23H,13-15H2,(H,28,31). The Morgan fingerprint density at radius 1 is 1.03 bits per heavy atom. The topological polar surface area (TPSA) is 56.2 Å². The average Bonchev–Trinajstić information content (AvgIpc) is 3.43. The highest BCUT2D eigenvalue weighted by atomic mass is 32.2. The number of ether oxygens (including phenoxy) is 1. The minimum atomic E-state index is -0.462. The van der Waals surface area contributed by atoms with E-state index in [0.29, 0.717) is 18.0 Å². The maximum absolute atomic E-state index is 13.6. The van der Waals surface area contributed by atoms with Crippen molar-refractivity contribution >= 4 is 17.7 Å². The molecule has 0 fully saturated rings. The van der Waals surface area contributed by atoms with Crippen molar-refractivity contribution in [1.82, 2.24) is 14.9 Å². The van der Waals surface area contributed by atoms with Crippen LogP contribution >= 0.6 is 11.8 Å². The SMILES string of the molecule is O=C(NCc1c(-c2ccc(F)cc2)nc2n1CCS2)C1c2ccccc2Oc2ccccc21. The van der Waals surface area contributed by atoms with Gasteiger partial charge in [-0.3, -0.25) is 4.79 Å². The van der Waals surface area contributed by atoms with Crippen LogP contribution in [0.2, 0.25) is 0 Å². The molecule has 0 saturated carbocycles. The van der Waals surface area contributed by atoms with E-state index in [2.05, 4.69) is 9.88 Å². The first-order chi connectivity index (χ1) is 16.2. The van der Waals surface area contributed by atoms with Gasteiger partial charge in [0, 0.05) is 29.0 Å². The number of imidazole rings is 1. The van der Waals surface area contributed by atoms with Crippen molar-refractivity contribution in [1.29, 1.82) is 0 Å². The zero-order valence-corrected chi connectivity index (χ0v) is 18.4. The lowest BCUT2D eigenvalue weighted by molar-refractivity contribution is -0.122. The van der Waals surface area contributed by atoms with E-state index in [1.54, 1.807) is 23.9 Å². The van der Waals surface area contributed by atoms with E-state index >= 15 is 0 Å². The average molecular weight is 458 g/mol. The first-order valence-electron chi connectivity index (χ1n) is 10.8. The smallest absolute Gasteiger partial charge is 0.232 e. The largest absolute Gasteiger partial charge is 0.457 e. The van der Waals surface area contributed by atoms with Crippen LogP contribution in [0.5, 0.6) is 11.5 Å². The number of para-hydroxylation sites is 2. The lowest BCUT2D eigenvalue weighted by Crippen LogP contribution is -2.32. The zero-order chi connectivity index (χ0) is 22.4. The summed E-state index contributed by atoms with van der Waals surface area (Å²) in [6, 6.07) is 21.6. The van der Waals surface area contributed by atoms with Gasteiger partial charge in [0.2, 0.25) is 5.91 Å². The third-order valence-corrected chi connectivity index (χ3v) is 7.03. The van der Waals surface area contributed by atoms with E-state index in [9.17, 15) is 9.18 Å². The number of carbonyl (C=O) groups is 1. The molecule has 1 aromatic heterocycles. The van der Waals surface area contributed by atoms with Gasteiger partial charge in [0.25, 0.3) is 0 Å². The number of nitrogens with zero attached hydrogens (tertiary/aromatic N) is 2. The molecule has 2 aliphatic heterocycles. The van der Waals surface area contributed by atoms with Crippen molar-refractivity contribution in [2.24, 2.45) is 0 Å². The molecule has 2 aliphatic rings. The van der Waals surface area contributed by atoms with Crippen LogP contribution < -0.4 is 10.1 Å². The highest BCUT2D eigenvalue weighted by Gasteiger charge is 2.33. The molecule has 3 aromatic carbocycles. The number of hydrogen-bond donors (Lipinski definition) is 1. The number of hydrogen-bond acceptors (Lipinski definition) is 4. The van der Waals surface area contributed by atoms with Gasteiger partial charge >= 0.3 is 0 Å². The third kappa shape index (κ3) is 3.49. The van der Waals surface area contributed by atoms with E-state index in [4.69, 9.17) is 9.72 Å². The quantitative estimate of drug-likeness (QED) is 0.449. The van der Waals surface area contributed by atoms with Gasteiger partial charge in [-0.05, 0) is 36.4 Å². The van der Waals surface area contributed by atoms with Crippen LogP contribution in [0.4, 0.5) is 4.39 Å². The second-order valence-corrected chi connectivity index (χ2v) is 9.09. The molecule has 164 valence electrons. The first kappa shape index (κ1) is 20.1. The predicted octanol–water partition coefficient (Wildman–Crippen LogP) is 5.35. The van der Waals surface area contributed by atoms with E-state index in [1.165, 1.54) is 12.1 Å². The molecule has 0 bridgehead atoms. The van der Waals surface area contributed by atoms with Gasteiger partial charge in [-0.25, -0.2) is 9.37 Å². The molecule has 0 saturated heterocycles. The van der Waals surface area contributed by atoms with Crippen LogP contribution in [0.15, 0.2) is 78.0 Å². The molecule has 7 heteroatoms. The minimum Gasteiger partial charge on any atom is -0.457 e. The Morgan fingerprint density at radius 2 is 1.70 bits per heavy atom. The number of benzene rings is 3. The summed E-state index contributed by atoms with van der Waals surface area (Å²) >= 11 is 1.69. The van der Waals surface area contributed by atoms with Crippen molar-refractivity contribution in [3.05, 3.63) is 95.4 Å². The van der Waals surface area contributed by atoms with Crippen molar-refractivity contribution in [2.45, 2.75) is 24.2 Å². The molecule has 0 aliphatic carbocycles. The third-order valence-electron chi connectivity index (χ3n) is 6.07. The Hall–Kier alpha value is -3.58. The number of nitrogens with one attached hydrogen (secondary N) is 1. The van der Waals surface area contributed by atoms with Gasteiger partial charge in [0.05, 0.1) is 23.9 Å². The predicted molar refractivity (Wildman–Crippen MR) is 125 cm³/mol. The van der Waals surface area contributed by atoms with Crippen molar-refractivity contribution < 1.29 is 13.9 Å². The van der Waals surface area contributed by atoms with Gasteiger partial charge in [-0.1, -0.05) is 48.2 Å². The highest BCUT2D eigenvalue weighted by molar-refractivity contribution is 7.99. The minimum absolute atomic E-state index is 0.0931. The molecule has 0 radical (unpaired) electrons. The summed E-state index contributed by atoms with van der Waals surface area (Å²) in [4.78, 5) is 18.3. The second-order valence-electron chi connectivity index (χ2n) is 8.03. The van der Waals surface area contributed by atoms with Crippen LogP contribution in [0.3, 0.4) is 0 Å². The Bertz CT molecular complexity index is 1320. The second kappa shape index (κ2) is 8.08. The van der Waals surface area contributed by atoms with Gasteiger partial charge in [0.1, 0.15) is 17.3 Å². The van der Waals surface area contributed by atoms with Gasteiger partial charge < -0.3 is 14.6 Å². The Morgan fingerprint density at radius 3 is 2.39 bits per heavy atom. The molecule has 5 nitrogen and oxygen atoms in total. The lowest BCUT2D eigenvalue weighted by Gasteiger charge is -2.27. The van der Waals surface area contributed by atoms with E-state index in [1.807, 2.05) is 48.5 Å². The number of rotatable bonds is 4. The Balaban J connectivity index is 1.33. The molecule has 0 spiro atoms. The number of aromatic nitrogens is 2. The van der Waals surface area contributed by atoms with Gasteiger partial charge in [-0.2, -0.15) is 0 Å². The Labute approximate surface area is 194 Å². The fraction of sp³-hybridized carbons (Fsp3) is 0.154. The summed E-state index contributed by atoms with van der Waals surface area (Å²) in [5, 5.41) is 4.08. The first-order valence-corrected chi connectivity index (χ1v) is 11.8. The summed E-state index contributed by atoms with van der Waals surface area (Å²) in [6.07, 6.45) is 0. The van der Waals surface area contributed by atoms with Crippen LogP contribution in [0.1, 0.15) is 22.7 Å². The number of thioether (sulfide) groups is 1. The number of amides is 1. The fourth-order valence-electron chi connectivity index (χ4n) is 4.52. The van der Waals surface area contributed by atoms with Crippen molar-refractivity contribution in [2.75, 3.05) is 5.75 Å². The van der Waals surface area contributed by atoms with Crippen LogP contribution in [0, 0.1) is 5.82 Å². The monoisotopic (exact) mass is 457 g/mol. The number of fused-ring (bicyclic) bond motifs is 3. The van der Waals surface area contributed by atoms with Crippen LogP contribution in [-0.4, -0.2) is 21.2 Å². The molecule has 6 rings (SSSR count). The Kier molecular flexibility index (Phi) is 4.91. The zero-order valence-electron chi connectivity index (χ0n) is 17.6. The summed E-state index contributed by atoms with van der Waals surface area (Å²) in [5.41, 5.74) is 4.25. The molecule has 4 aromatic rings. The molecular weight excluding hydrogens is 437 g/mol. The summed E-state index contributed by atoms with van der Waals surface area (Å²) in [7, 11) is 0. The van der Waals surface area contributed by atoms with Crippen molar-refractivity contribution in [3.63, 3.8) is 0 Å². The van der Waals surface area contributed by atoms with E-state index in [-0.39, 0.29) is 11.7 Å². The lowest BCUT2D eigenvalue weighted by atomic mass is 9.87. The molecule has 3 heterocycles. The molecule has 0 atom stereocenters. The molecule has 33 heavy (non-hydrogen) atoms. The maximum atomic E-state index is 13.6. The van der Waals surface area contributed by atoms with Gasteiger partial charge in [0.15, 0.2) is 5.16 Å². The van der Waals surface area contributed by atoms with E-state index in [0.717, 1.165) is 45.5 Å². The maximum Gasteiger partial charge on any atom is 0.232 e. The molecule has 1 N–H and O–H groups in total. The number of carbonyl (C=O) groups excluding carboxylic acids is 1. The normalized spacial score (nSPS) is 14.2. The molecule has 1 amide bonds. The highest BCUT2D eigenvalue weighted by Crippen LogP contribution is 2.44. The summed E-state index contributed by atoms with van der Waals surface area (Å²) in [6.45, 7) is 1.17. The van der Waals surface area contributed by atoms with Gasteiger partial charge in [-0.15, -0.1) is 0 Å². The summed E-state index contributed by atoms with van der Waals surface area (Å²) < 4.78 is 21.6. The summed E-state index contributed by atoms with van der Waals surface area (Å²) in [5.74, 6) is 1.51. The molecular formula is C26H20FN3O2S. The van der Waals surface area contributed by atoms with E-state index < -0.39 is 5.92 Å². The number of halogens is 1. The van der Waals surface area contributed by atoms with Crippen molar-refractivity contribution in [3.8, 4) is 22.8 Å². The van der Waals surface area contributed by atoms with Crippen LogP contribution in [-0.2, 0) is 17.9 Å².